The van der Waals surface area contributed by atoms with E-state index in [1.54, 1.807) is 30.3 Å². The van der Waals surface area contributed by atoms with Crippen molar-refractivity contribution in [3.05, 3.63) is 59.4 Å². The van der Waals surface area contributed by atoms with E-state index in [4.69, 9.17) is 16.1 Å². The number of nitrogens with two attached hydrogens (primary N) is 1. The zero-order valence-corrected chi connectivity index (χ0v) is 23.2. The predicted octanol–water partition coefficient (Wildman–Crippen LogP) is 3.08. The molecule has 1 aromatic carbocycles. The molecule has 208 valence electrons. The van der Waals surface area contributed by atoms with Crippen molar-refractivity contribution in [2.45, 2.75) is 31.3 Å². The largest absolute Gasteiger partial charge is 0.383 e. The normalized spacial score (nSPS) is 17.0. The van der Waals surface area contributed by atoms with Crippen LogP contribution in [0.5, 0.6) is 0 Å². The van der Waals surface area contributed by atoms with E-state index in [9.17, 15) is 9.59 Å². The lowest BCUT2D eigenvalue weighted by molar-refractivity contribution is -0.125. The molecule has 13 heteroatoms. The van der Waals surface area contributed by atoms with Crippen LogP contribution in [0.2, 0.25) is 0 Å². The lowest BCUT2D eigenvalue weighted by Gasteiger charge is -2.16. The van der Waals surface area contributed by atoms with Gasteiger partial charge in [0.05, 0.1) is 17.6 Å². The molecule has 1 atom stereocenters. The molecule has 4 aromatic rings. The van der Waals surface area contributed by atoms with Crippen molar-refractivity contribution in [1.29, 1.82) is 5.26 Å². The predicted molar refractivity (Wildman–Crippen MR) is 155 cm³/mol. The average Bonchev–Trinajstić information content (AvgIpc) is 3.36. The van der Waals surface area contributed by atoms with Gasteiger partial charge in [-0.2, -0.15) is 10.4 Å². The Balaban J connectivity index is 1.20. The molecule has 3 N–H and O–H groups in total. The second-order valence-electron chi connectivity index (χ2n) is 10.2. The lowest BCUT2D eigenvalue weighted by Crippen LogP contribution is -2.28. The molecule has 1 aliphatic carbocycles. The molecule has 4 heterocycles. The first-order valence-corrected chi connectivity index (χ1v) is 14.1. The number of nitrogen functional groups attached to an aromatic ring is 1. The van der Waals surface area contributed by atoms with Crippen LogP contribution in [0.4, 0.5) is 10.9 Å². The van der Waals surface area contributed by atoms with Crippen LogP contribution in [-0.2, 0) is 4.79 Å². The summed E-state index contributed by atoms with van der Waals surface area (Å²) in [5.41, 5.74) is 8.68. The molecule has 1 aliphatic heterocycles. The number of thiazole rings is 1. The van der Waals surface area contributed by atoms with E-state index in [1.165, 1.54) is 25.4 Å². The summed E-state index contributed by atoms with van der Waals surface area (Å²) in [6.45, 7) is 1.91. The SMILES string of the molecule is CN(CC=CC(=O)N1CCC(n2nc(-c3ccc(C(=O)Nc4ncc(C#N)s4)cc3)c3c(N)ncnc32)C1)C1CC1. The zero-order valence-electron chi connectivity index (χ0n) is 22.4. The molecule has 1 saturated heterocycles. The highest BCUT2D eigenvalue weighted by Gasteiger charge is 2.30. The fourth-order valence-electron chi connectivity index (χ4n) is 5.02. The van der Waals surface area contributed by atoms with E-state index in [1.807, 2.05) is 21.7 Å². The number of nitrogens with one attached hydrogen (secondary N) is 1. The number of nitriles is 1. The van der Waals surface area contributed by atoms with E-state index in [2.05, 4.69) is 32.2 Å². The second-order valence-corrected chi connectivity index (χ2v) is 11.3. The van der Waals surface area contributed by atoms with E-state index in [0.29, 0.717) is 57.2 Å². The molecule has 0 bridgehead atoms. The first kappa shape index (κ1) is 26.5. The minimum absolute atomic E-state index is 0.00187. The minimum Gasteiger partial charge on any atom is -0.383 e. The number of likely N-dealkylation sites (tertiary alicyclic amines) is 1. The lowest BCUT2D eigenvalue weighted by atomic mass is 10.1. The summed E-state index contributed by atoms with van der Waals surface area (Å²) in [5.74, 6) is -0.0284. The van der Waals surface area contributed by atoms with E-state index in [0.717, 1.165) is 29.9 Å². The molecule has 0 radical (unpaired) electrons. The van der Waals surface area contributed by atoms with E-state index >= 15 is 0 Å². The van der Waals surface area contributed by atoms with Gasteiger partial charge in [-0.3, -0.25) is 19.8 Å². The smallest absolute Gasteiger partial charge is 0.257 e. The Morgan fingerprint density at radius 1 is 1.22 bits per heavy atom. The van der Waals surface area contributed by atoms with Crippen LogP contribution in [0, 0.1) is 11.3 Å². The van der Waals surface area contributed by atoms with Crippen molar-refractivity contribution in [1.82, 2.24) is 34.5 Å². The van der Waals surface area contributed by atoms with Gasteiger partial charge in [0.15, 0.2) is 10.8 Å². The van der Waals surface area contributed by atoms with Gasteiger partial charge < -0.3 is 10.6 Å². The Bertz CT molecular complexity index is 1680. The average molecular weight is 569 g/mol. The molecule has 3 aromatic heterocycles. The van der Waals surface area contributed by atoms with Gasteiger partial charge in [0.25, 0.3) is 5.91 Å². The number of amides is 2. The van der Waals surface area contributed by atoms with Crippen LogP contribution in [0.15, 0.2) is 48.9 Å². The number of carbonyl (C=O) groups is 2. The molecule has 41 heavy (non-hydrogen) atoms. The highest BCUT2D eigenvalue weighted by molar-refractivity contribution is 7.16. The van der Waals surface area contributed by atoms with Crippen LogP contribution in [-0.4, -0.2) is 79.1 Å². The first-order chi connectivity index (χ1) is 19.9. The Morgan fingerprint density at radius 2 is 2.02 bits per heavy atom. The van der Waals surface area contributed by atoms with Gasteiger partial charge >= 0.3 is 0 Å². The third-order valence-corrected chi connectivity index (χ3v) is 8.24. The molecular formula is C28H28N10O2S. The first-order valence-electron chi connectivity index (χ1n) is 13.3. The molecular weight excluding hydrogens is 540 g/mol. The van der Waals surface area contributed by atoms with E-state index in [-0.39, 0.29) is 17.9 Å². The topological polar surface area (TPSA) is 159 Å². The third kappa shape index (κ3) is 5.52. The third-order valence-electron chi connectivity index (χ3n) is 7.42. The van der Waals surface area contributed by atoms with Gasteiger partial charge in [-0.05, 0) is 38.4 Å². The summed E-state index contributed by atoms with van der Waals surface area (Å²) in [6, 6.07) is 9.57. The fourth-order valence-corrected chi connectivity index (χ4v) is 5.62. The number of hydrogen-bond donors (Lipinski definition) is 2. The van der Waals surface area contributed by atoms with Crippen molar-refractivity contribution in [3.63, 3.8) is 0 Å². The molecule has 0 spiro atoms. The standard InChI is InChI=1S/C28H28N10O2S/c1-36(19-8-9-19)11-2-3-22(39)37-12-10-20(15-37)38-26-23(25(30)32-16-33-26)24(35-38)17-4-6-18(7-5-17)27(40)34-28-31-14-21(13-29)41-28/h2-7,14,16,19-20H,8-12,15H2,1H3,(H2,30,32,33)(H,31,34,40). The van der Waals surface area contributed by atoms with Crippen molar-refractivity contribution in [2.75, 3.05) is 37.7 Å². The van der Waals surface area contributed by atoms with Gasteiger partial charge in [0.1, 0.15) is 28.8 Å². The van der Waals surface area contributed by atoms with Crippen molar-refractivity contribution < 1.29 is 9.59 Å². The Morgan fingerprint density at radius 3 is 2.76 bits per heavy atom. The van der Waals surface area contributed by atoms with Gasteiger partial charge in [0.2, 0.25) is 5.91 Å². The Kier molecular flexibility index (Phi) is 7.17. The molecule has 2 amide bonds. The summed E-state index contributed by atoms with van der Waals surface area (Å²) in [6.07, 6.45) is 9.65. The number of likely N-dealkylation sites (N-methyl/N-ethyl adjacent to an activating group) is 1. The van der Waals surface area contributed by atoms with Gasteiger partial charge in [-0.25, -0.2) is 19.6 Å². The number of rotatable bonds is 8. The molecule has 2 aliphatic rings. The number of fused-ring (bicyclic) bond motifs is 1. The maximum atomic E-state index is 12.8. The van der Waals surface area contributed by atoms with Crippen LogP contribution in [0.25, 0.3) is 22.3 Å². The number of benzene rings is 1. The monoisotopic (exact) mass is 568 g/mol. The summed E-state index contributed by atoms with van der Waals surface area (Å²) in [5, 5.41) is 17.6. The summed E-state index contributed by atoms with van der Waals surface area (Å²) < 4.78 is 1.84. The van der Waals surface area contributed by atoms with Gasteiger partial charge in [-0.15, -0.1) is 0 Å². The van der Waals surface area contributed by atoms with Gasteiger partial charge in [-0.1, -0.05) is 29.5 Å². The zero-order chi connectivity index (χ0) is 28.5. The van der Waals surface area contributed by atoms with Crippen molar-refractivity contribution in [3.8, 4) is 17.3 Å². The molecule has 1 unspecified atom stereocenters. The number of nitrogens with zero attached hydrogens (tertiary/aromatic N) is 8. The number of anilines is 2. The minimum atomic E-state index is -0.336. The highest BCUT2D eigenvalue weighted by Crippen LogP contribution is 2.34. The quantitative estimate of drug-likeness (QED) is 0.305. The van der Waals surface area contributed by atoms with Crippen LogP contribution in [0.3, 0.4) is 0 Å². The Labute approximate surface area is 240 Å². The second kappa shape index (κ2) is 11.1. The van der Waals surface area contributed by atoms with E-state index < -0.39 is 0 Å². The molecule has 12 nitrogen and oxygen atoms in total. The van der Waals surface area contributed by atoms with Crippen molar-refractivity contribution >= 4 is 45.1 Å². The molecule has 6 rings (SSSR count). The van der Waals surface area contributed by atoms with Gasteiger partial charge in [0, 0.05) is 42.9 Å². The maximum Gasteiger partial charge on any atom is 0.257 e. The number of hydrogen-bond acceptors (Lipinski definition) is 10. The summed E-state index contributed by atoms with van der Waals surface area (Å²) >= 11 is 1.11. The number of aromatic nitrogens is 5. The Hall–Kier alpha value is -4.67. The molecule has 1 saturated carbocycles. The highest BCUT2D eigenvalue weighted by atomic mass is 32.1. The van der Waals surface area contributed by atoms with Crippen LogP contribution < -0.4 is 11.1 Å². The maximum absolute atomic E-state index is 12.8. The summed E-state index contributed by atoms with van der Waals surface area (Å²) in [7, 11) is 2.09. The van der Waals surface area contributed by atoms with Crippen LogP contribution >= 0.6 is 11.3 Å². The molecule has 2 fully saturated rings. The van der Waals surface area contributed by atoms with Crippen molar-refractivity contribution in [2.24, 2.45) is 0 Å². The summed E-state index contributed by atoms with van der Waals surface area (Å²) in [4.78, 5) is 42.8. The number of carbonyl (C=O) groups excluding carboxylic acids is 2. The fraction of sp³-hybridized carbons (Fsp3) is 0.321. The van der Waals surface area contributed by atoms with Crippen LogP contribution in [0.1, 0.15) is 40.5 Å².